The first kappa shape index (κ1) is 62.8. The molecule has 0 aliphatic heterocycles. The average Bonchev–Trinajstić information content (AvgIpc) is 3.33. The third kappa shape index (κ3) is 52.6. The van der Waals surface area contributed by atoms with Crippen molar-refractivity contribution < 1.29 is 28.6 Å². The van der Waals surface area contributed by atoms with Crippen molar-refractivity contribution in [3.8, 4) is 0 Å². The van der Waals surface area contributed by atoms with Crippen LogP contribution in [0.2, 0.25) is 0 Å². The number of hydrogen-bond donors (Lipinski definition) is 0. The van der Waals surface area contributed by atoms with Gasteiger partial charge in [0.15, 0.2) is 6.10 Å². The van der Waals surface area contributed by atoms with Gasteiger partial charge in [-0.1, -0.05) is 219 Å². The first-order valence-corrected chi connectivity index (χ1v) is 27.0. The molecule has 67 heavy (non-hydrogen) atoms. The van der Waals surface area contributed by atoms with Gasteiger partial charge in [-0.2, -0.15) is 0 Å². The maximum absolute atomic E-state index is 12.7. The molecule has 0 rings (SSSR count). The molecule has 0 N–H and O–H groups in total. The van der Waals surface area contributed by atoms with Crippen molar-refractivity contribution in [2.45, 2.75) is 232 Å². The van der Waals surface area contributed by atoms with E-state index >= 15 is 0 Å². The number of carbonyl (C=O) groups excluding carboxylic acids is 3. The van der Waals surface area contributed by atoms with Crippen molar-refractivity contribution in [1.29, 1.82) is 0 Å². The van der Waals surface area contributed by atoms with E-state index in [9.17, 15) is 14.4 Å². The summed E-state index contributed by atoms with van der Waals surface area (Å²) >= 11 is 0. The van der Waals surface area contributed by atoms with E-state index in [4.69, 9.17) is 14.2 Å². The largest absolute Gasteiger partial charge is 0.462 e. The van der Waals surface area contributed by atoms with E-state index in [1.807, 2.05) is 0 Å². The van der Waals surface area contributed by atoms with Crippen molar-refractivity contribution in [2.24, 2.45) is 0 Å². The Bertz CT molecular complexity index is 1440. The Balaban J connectivity index is 4.23. The molecule has 0 radical (unpaired) electrons. The lowest BCUT2D eigenvalue weighted by atomic mass is 10.1. The minimum Gasteiger partial charge on any atom is -0.462 e. The van der Waals surface area contributed by atoms with Crippen LogP contribution < -0.4 is 0 Å². The molecule has 0 saturated carbocycles. The van der Waals surface area contributed by atoms with E-state index < -0.39 is 6.10 Å². The fraction of sp³-hybridized carbons (Fsp3) is 0.623. The maximum Gasteiger partial charge on any atom is 0.306 e. The number of hydrogen-bond acceptors (Lipinski definition) is 6. The van der Waals surface area contributed by atoms with Crippen LogP contribution in [0.1, 0.15) is 226 Å². The number of rotatable bonds is 47. The van der Waals surface area contributed by atoms with Gasteiger partial charge in [-0.3, -0.25) is 14.4 Å². The molecule has 0 aromatic carbocycles. The number of unbranched alkanes of at least 4 members (excludes halogenated alkanes) is 16. The molecule has 0 bridgehead atoms. The highest BCUT2D eigenvalue weighted by Crippen LogP contribution is 2.13. The van der Waals surface area contributed by atoms with E-state index in [0.717, 1.165) is 141 Å². The Morgan fingerprint density at radius 3 is 1.00 bits per heavy atom. The van der Waals surface area contributed by atoms with Crippen LogP contribution in [-0.2, 0) is 28.6 Å². The molecule has 6 nitrogen and oxygen atoms in total. The number of carbonyl (C=O) groups is 3. The molecule has 0 aromatic heterocycles. The topological polar surface area (TPSA) is 78.9 Å². The van der Waals surface area contributed by atoms with Gasteiger partial charge in [0.2, 0.25) is 0 Å². The van der Waals surface area contributed by atoms with E-state index in [1.165, 1.54) is 44.9 Å². The SMILES string of the molecule is CC/C=C\C/C=C\C/C=C\C/C=C\C/C=C\C/C=C\C/C=C\C/C=C\C/C=C\CCCCCC(=O)OCC(COC(=O)CCCCCCCCCC)OC(=O)CCCCCCC/C=C\CCC. The zero-order valence-corrected chi connectivity index (χ0v) is 43.1. The molecule has 1 atom stereocenters. The summed E-state index contributed by atoms with van der Waals surface area (Å²) in [6.07, 6.45) is 75.0. The van der Waals surface area contributed by atoms with Crippen molar-refractivity contribution in [1.82, 2.24) is 0 Å². The summed E-state index contributed by atoms with van der Waals surface area (Å²) in [5.74, 6) is -0.952. The van der Waals surface area contributed by atoms with Crippen LogP contribution in [0.15, 0.2) is 122 Å². The van der Waals surface area contributed by atoms with Crippen LogP contribution in [0, 0.1) is 0 Å². The predicted molar refractivity (Wildman–Crippen MR) is 288 cm³/mol. The Hall–Kier alpha value is -4.19. The molecule has 6 heteroatoms. The molecule has 0 spiro atoms. The number of ether oxygens (including phenoxy) is 3. The predicted octanol–water partition coefficient (Wildman–Crippen LogP) is 18.1. The first-order chi connectivity index (χ1) is 33.0. The molecule has 0 aliphatic rings. The van der Waals surface area contributed by atoms with Gasteiger partial charge in [0.25, 0.3) is 0 Å². The van der Waals surface area contributed by atoms with E-state index in [1.54, 1.807) is 0 Å². The molecule has 0 fully saturated rings. The van der Waals surface area contributed by atoms with Crippen molar-refractivity contribution in [2.75, 3.05) is 13.2 Å². The van der Waals surface area contributed by atoms with Gasteiger partial charge in [-0.15, -0.1) is 0 Å². The average molecular weight is 927 g/mol. The zero-order valence-electron chi connectivity index (χ0n) is 43.1. The summed E-state index contributed by atoms with van der Waals surface area (Å²) in [6.45, 7) is 6.37. The van der Waals surface area contributed by atoms with Crippen LogP contribution >= 0.6 is 0 Å². The lowest BCUT2D eigenvalue weighted by molar-refractivity contribution is -0.167. The second-order valence-electron chi connectivity index (χ2n) is 17.4. The molecule has 0 heterocycles. The zero-order chi connectivity index (χ0) is 48.6. The highest BCUT2D eigenvalue weighted by molar-refractivity contribution is 5.71. The van der Waals surface area contributed by atoms with Gasteiger partial charge in [-0.25, -0.2) is 0 Å². The quantitative estimate of drug-likeness (QED) is 0.0262. The molecule has 0 aromatic rings. The van der Waals surface area contributed by atoms with Crippen molar-refractivity contribution in [3.05, 3.63) is 122 Å². The highest BCUT2D eigenvalue weighted by atomic mass is 16.6. The minimum atomic E-state index is -0.794. The highest BCUT2D eigenvalue weighted by Gasteiger charge is 2.19. The van der Waals surface area contributed by atoms with Gasteiger partial charge in [0.05, 0.1) is 0 Å². The third-order valence-corrected chi connectivity index (χ3v) is 10.9. The second kappa shape index (κ2) is 54.4. The van der Waals surface area contributed by atoms with E-state index in [2.05, 4.69) is 142 Å². The Kier molecular flexibility index (Phi) is 51.0. The summed E-state index contributed by atoms with van der Waals surface area (Å²) in [7, 11) is 0. The number of esters is 3. The molecule has 0 aliphatic carbocycles. The fourth-order valence-electron chi connectivity index (χ4n) is 6.91. The molecular formula is C61H98O6. The third-order valence-electron chi connectivity index (χ3n) is 10.9. The summed E-state index contributed by atoms with van der Waals surface area (Å²) in [4.78, 5) is 37.8. The normalized spacial score (nSPS) is 13.1. The van der Waals surface area contributed by atoms with Crippen LogP contribution in [-0.4, -0.2) is 37.2 Å². The first-order valence-electron chi connectivity index (χ1n) is 27.0. The smallest absolute Gasteiger partial charge is 0.306 e. The van der Waals surface area contributed by atoms with E-state index in [-0.39, 0.29) is 31.1 Å². The lowest BCUT2D eigenvalue weighted by Gasteiger charge is -2.18. The number of allylic oxidation sites excluding steroid dienone is 20. The minimum absolute atomic E-state index is 0.0935. The Morgan fingerprint density at radius 1 is 0.313 bits per heavy atom. The maximum atomic E-state index is 12.7. The Labute approximate surface area is 412 Å². The van der Waals surface area contributed by atoms with E-state index in [0.29, 0.717) is 19.3 Å². The summed E-state index contributed by atoms with van der Waals surface area (Å²) in [6, 6.07) is 0. The molecular weight excluding hydrogens is 829 g/mol. The van der Waals surface area contributed by atoms with Gasteiger partial charge < -0.3 is 14.2 Å². The Morgan fingerprint density at radius 2 is 0.612 bits per heavy atom. The molecule has 1 unspecified atom stereocenters. The van der Waals surface area contributed by atoms with Crippen LogP contribution in [0.4, 0.5) is 0 Å². The lowest BCUT2D eigenvalue weighted by Crippen LogP contribution is -2.30. The van der Waals surface area contributed by atoms with Crippen molar-refractivity contribution in [3.63, 3.8) is 0 Å². The van der Waals surface area contributed by atoms with Gasteiger partial charge in [0, 0.05) is 19.3 Å². The van der Waals surface area contributed by atoms with Crippen LogP contribution in [0.25, 0.3) is 0 Å². The van der Waals surface area contributed by atoms with Gasteiger partial charge in [-0.05, 0) is 109 Å². The van der Waals surface area contributed by atoms with Crippen LogP contribution in [0.3, 0.4) is 0 Å². The second-order valence-corrected chi connectivity index (χ2v) is 17.4. The van der Waals surface area contributed by atoms with Gasteiger partial charge in [0.1, 0.15) is 13.2 Å². The van der Waals surface area contributed by atoms with Crippen LogP contribution in [0.5, 0.6) is 0 Å². The molecule has 0 amide bonds. The standard InChI is InChI=1S/C61H98O6/c1-4-7-10-13-16-19-21-22-23-24-25-26-27-28-29-30-31-32-33-34-35-36-37-38-39-40-41-43-45-48-51-54-60(63)66-57-58(56-65-59(62)53-50-47-44-18-15-12-9-6-3)67-61(64)55-52-49-46-42-20-17-14-11-8-5-2/h7,10-11,14,16,19,22-23,25-26,28-29,31-32,34-35,37-38,40-41,58H,4-6,8-9,12-13,15,17-18,20-21,24,27,30,33,36,39,42-57H2,1-3H3/b10-7-,14-11-,19-16-,23-22-,26-25-,29-28-,32-31-,35-34-,38-37-,41-40-. The van der Waals surface area contributed by atoms with Gasteiger partial charge >= 0.3 is 17.9 Å². The van der Waals surface area contributed by atoms with Crippen molar-refractivity contribution >= 4 is 17.9 Å². The molecule has 378 valence electrons. The summed E-state index contributed by atoms with van der Waals surface area (Å²) in [5.41, 5.74) is 0. The summed E-state index contributed by atoms with van der Waals surface area (Å²) < 4.78 is 16.7. The summed E-state index contributed by atoms with van der Waals surface area (Å²) in [5, 5.41) is 0. The fourth-order valence-corrected chi connectivity index (χ4v) is 6.91. The monoisotopic (exact) mass is 927 g/mol. The molecule has 0 saturated heterocycles.